The number of aromatic nitrogens is 1. The number of pyridine rings is 1. The maximum Gasteiger partial charge on any atom is 0.253 e. The Bertz CT molecular complexity index is 919. The van der Waals surface area contributed by atoms with Crippen LogP contribution in [0.1, 0.15) is 29.5 Å². The number of likely N-dealkylation sites (N-methyl/N-ethyl adjacent to an activating group) is 1. The van der Waals surface area contributed by atoms with Crippen LogP contribution in [0.3, 0.4) is 0 Å². The minimum atomic E-state index is -0.0528. The van der Waals surface area contributed by atoms with E-state index in [1.807, 2.05) is 27.1 Å². The summed E-state index contributed by atoms with van der Waals surface area (Å²) in [6, 6.07) is 6.15. The Morgan fingerprint density at radius 2 is 2.10 bits per heavy atom. The van der Waals surface area contributed by atoms with Crippen molar-refractivity contribution in [3.05, 3.63) is 45.2 Å². The number of hydrogen-bond donors (Lipinski definition) is 2. The van der Waals surface area contributed by atoms with Crippen LogP contribution in [0.4, 0.5) is 0 Å². The number of fused-ring (bicyclic) bond motifs is 1. The fraction of sp³-hybridized carbons (Fsp3) is 0.545. The van der Waals surface area contributed by atoms with Crippen molar-refractivity contribution in [2.75, 3.05) is 40.3 Å². The first kappa shape index (κ1) is 21.7. The van der Waals surface area contributed by atoms with Gasteiger partial charge in [-0.3, -0.25) is 4.79 Å². The standard InChI is InChI=1S/C22H32N4O2S/c1-15-7-8-17-12-18(21(27)24-20(17)16(15)2)14-26(10-9-25(3)4)22(29)23-13-19-6-5-11-28-19/h7-8,12,19H,5-6,9-11,13-14H2,1-4H3,(H,23,29)(H,24,27). The summed E-state index contributed by atoms with van der Waals surface area (Å²) < 4.78 is 5.68. The maximum atomic E-state index is 12.8. The molecule has 158 valence electrons. The first-order chi connectivity index (χ1) is 13.8. The van der Waals surface area contributed by atoms with Crippen LogP contribution in [-0.2, 0) is 11.3 Å². The minimum absolute atomic E-state index is 0.0528. The number of aromatic amines is 1. The summed E-state index contributed by atoms with van der Waals surface area (Å²) in [7, 11) is 4.07. The smallest absolute Gasteiger partial charge is 0.253 e. The van der Waals surface area contributed by atoms with Gasteiger partial charge in [-0.25, -0.2) is 0 Å². The topological polar surface area (TPSA) is 60.6 Å². The average Bonchev–Trinajstić information content (AvgIpc) is 3.20. The number of H-pyrrole nitrogens is 1. The van der Waals surface area contributed by atoms with Gasteiger partial charge in [0.15, 0.2) is 5.11 Å². The number of nitrogens with one attached hydrogen (secondary N) is 2. The average molecular weight is 417 g/mol. The van der Waals surface area contributed by atoms with E-state index in [9.17, 15) is 4.79 Å². The SMILES string of the molecule is Cc1ccc2cc(CN(CCN(C)C)C(=S)NCC3CCCO3)c(=O)[nH]c2c1C. The van der Waals surface area contributed by atoms with Crippen molar-refractivity contribution in [3.8, 4) is 0 Å². The van der Waals surface area contributed by atoms with Gasteiger partial charge in [0.05, 0.1) is 18.2 Å². The molecule has 0 amide bonds. The number of hydrogen-bond acceptors (Lipinski definition) is 4. The second kappa shape index (κ2) is 9.69. The van der Waals surface area contributed by atoms with Crippen LogP contribution in [-0.4, -0.2) is 66.3 Å². The van der Waals surface area contributed by atoms with Crippen LogP contribution in [0.15, 0.2) is 23.0 Å². The Hall–Kier alpha value is -1.96. The number of nitrogens with zero attached hydrogens (tertiary/aromatic N) is 2. The van der Waals surface area contributed by atoms with Gasteiger partial charge in [-0.05, 0) is 75.6 Å². The van der Waals surface area contributed by atoms with Gasteiger partial charge >= 0.3 is 0 Å². The third-order valence-electron chi connectivity index (χ3n) is 5.60. The lowest BCUT2D eigenvalue weighted by Gasteiger charge is -2.28. The Balaban J connectivity index is 1.78. The summed E-state index contributed by atoms with van der Waals surface area (Å²) in [5.74, 6) is 0. The molecule has 0 bridgehead atoms. The third kappa shape index (κ3) is 5.56. The van der Waals surface area contributed by atoms with Crippen LogP contribution in [0.25, 0.3) is 10.9 Å². The molecular formula is C22H32N4O2S. The highest BCUT2D eigenvalue weighted by Crippen LogP contribution is 2.19. The number of ether oxygens (including phenoxy) is 1. The molecular weight excluding hydrogens is 384 g/mol. The number of thiocarbonyl (C=S) groups is 1. The lowest BCUT2D eigenvalue weighted by atomic mass is 10.0. The van der Waals surface area contributed by atoms with Crippen molar-refractivity contribution in [2.24, 2.45) is 0 Å². The second-order valence-corrected chi connectivity index (χ2v) is 8.53. The zero-order chi connectivity index (χ0) is 21.0. The molecule has 1 aliphatic rings. The minimum Gasteiger partial charge on any atom is -0.376 e. The molecule has 1 aromatic carbocycles. The van der Waals surface area contributed by atoms with E-state index < -0.39 is 0 Å². The van der Waals surface area contributed by atoms with Crippen LogP contribution < -0.4 is 10.9 Å². The zero-order valence-corrected chi connectivity index (χ0v) is 18.7. The van der Waals surface area contributed by atoms with E-state index >= 15 is 0 Å². The summed E-state index contributed by atoms with van der Waals surface area (Å²) >= 11 is 5.67. The van der Waals surface area contributed by atoms with Gasteiger partial charge in [-0.2, -0.15) is 0 Å². The zero-order valence-electron chi connectivity index (χ0n) is 17.9. The molecule has 1 aliphatic heterocycles. The molecule has 1 saturated heterocycles. The molecule has 3 rings (SSSR count). The highest BCUT2D eigenvalue weighted by atomic mass is 32.1. The van der Waals surface area contributed by atoms with Crippen LogP contribution in [0.2, 0.25) is 0 Å². The lowest BCUT2D eigenvalue weighted by Crippen LogP contribution is -2.45. The lowest BCUT2D eigenvalue weighted by molar-refractivity contribution is 0.113. The van der Waals surface area contributed by atoms with Gasteiger partial charge < -0.3 is 24.8 Å². The maximum absolute atomic E-state index is 12.8. The van der Waals surface area contributed by atoms with E-state index in [1.54, 1.807) is 0 Å². The summed E-state index contributed by atoms with van der Waals surface area (Å²) in [6.07, 6.45) is 2.39. The predicted molar refractivity (Wildman–Crippen MR) is 123 cm³/mol. The Labute approximate surface area is 178 Å². The summed E-state index contributed by atoms with van der Waals surface area (Å²) in [5.41, 5.74) is 3.87. The molecule has 6 nitrogen and oxygen atoms in total. The molecule has 0 saturated carbocycles. The summed E-state index contributed by atoms with van der Waals surface area (Å²) in [4.78, 5) is 20.0. The van der Waals surface area contributed by atoms with Crippen molar-refractivity contribution >= 4 is 28.2 Å². The van der Waals surface area contributed by atoms with E-state index in [0.29, 0.717) is 18.2 Å². The quantitative estimate of drug-likeness (QED) is 0.677. The van der Waals surface area contributed by atoms with Crippen molar-refractivity contribution in [3.63, 3.8) is 0 Å². The molecule has 0 aliphatic carbocycles. The van der Waals surface area contributed by atoms with E-state index in [4.69, 9.17) is 17.0 Å². The molecule has 1 atom stereocenters. The largest absolute Gasteiger partial charge is 0.376 e. The van der Waals surface area contributed by atoms with E-state index in [1.165, 1.54) is 5.56 Å². The van der Waals surface area contributed by atoms with Crippen molar-refractivity contribution in [1.82, 2.24) is 20.1 Å². The van der Waals surface area contributed by atoms with Crippen molar-refractivity contribution in [1.29, 1.82) is 0 Å². The molecule has 2 aromatic rings. The van der Waals surface area contributed by atoms with Gasteiger partial charge in [0, 0.05) is 31.8 Å². The van der Waals surface area contributed by atoms with Crippen LogP contribution >= 0.6 is 12.2 Å². The fourth-order valence-corrected chi connectivity index (χ4v) is 3.82. The Kier molecular flexibility index (Phi) is 7.27. The van der Waals surface area contributed by atoms with E-state index in [-0.39, 0.29) is 11.7 Å². The second-order valence-electron chi connectivity index (χ2n) is 8.14. The monoisotopic (exact) mass is 416 g/mol. The molecule has 2 N–H and O–H groups in total. The summed E-state index contributed by atoms with van der Waals surface area (Å²) in [5, 5.41) is 5.06. The van der Waals surface area contributed by atoms with Crippen LogP contribution in [0, 0.1) is 13.8 Å². The normalized spacial score (nSPS) is 16.5. The van der Waals surface area contributed by atoms with Crippen molar-refractivity contribution in [2.45, 2.75) is 39.3 Å². The molecule has 1 unspecified atom stereocenters. The van der Waals surface area contributed by atoms with Crippen molar-refractivity contribution < 1.29 is 4.74 Å². The first-order valence-corrected chi connectivity index (χ1v) is 10.7. The van der Waals surface area contributed by atoms with Gasteiger partial charge in [0.2, 0.25) is 0 Å². The number of aryl methyl sites for hydroxylation is 2. The highest BCUT2D eigenvalue weighted by molar-refractivity contribution is 7.80. The molecule has 0 radical (unpaired) electrons. The number of rotatable bonds is 7. The molecule has 1 aromatic heterocycles. The Morgan fingerprint density at radius 1 is 1.31 bits per heavy atom. The molecule has 1 fully saturated rings. The Morgan fingerprint density at radius 3 is 2.79 bits per heavy atom. The molecule has 7 heteroatoms. The first-order valence-electron chi connectivity index (χ1n) is 10.3. The van der Waals surface area contributed by atoms with Gasteiger partial charge in [0.25, 0.3) is 5.56 Å². The molecule has 2 heterocycles. The predicted octanol–water partition coefficient (Wildman–Crippen LogP) is 2.56. The number of benzene rings is 1. The molecule has 0 spiro atoms. The highest BCUT2D eigenvalue weighted by Gasteiger charge is 2.18. The van der Waals surface area contributed by atoms with Crippen LogP contribution in [0.5, 0.6) is 0 Å². The van der Waals surface area contributed by atoms with Gasteiger partial charge in [-0.15, -0.1) is 0 Å². The fourth-order valence-electron chi connectivity index (χ4n) is 3.58. The van der Waals surface area contributed by atoms with Gasteiger partial charge in [0.1, 0.15) is 0 Å². The van der Waals surface area contributed by atoms with E-state index in [0.717, 1.165) is 54.6 Å². The van der Waals surface area contributed by atoms with Gasteiger partial charge in [-0.1, -0.05) is 12.1 Å². The van der Waals surface area contributed by atoms with E-state index in [2.05, 4.69) is 39.2 Å². The summed E-state index contributed by atoms with van der Waals surface area (Å²) in [6.45, 7) is 7.71. The third-order valence-corrected chi connectivity index (χ3v) is 6.00. The molecule has 29 heavy (non-hydrogen) atoms.